The van der Waals surface area contributed by atoms with Crippen molar-refractivity contribution in [3.05, 3.63) is 16.1 Å². The third kappa shape index (κ3) is 5.18. The molecule has 1 aliphatic heterocycles. The maximum atomic E-state index is 12.0. The molecule has 0 saturated carbocycles. The minimum Gasteiger partial charge on any atom is -0.375 e. The van der Waals surface area contributed by atoms with E-state index >= 15 is 0 Å². The standard InChI is InChI=1S/C12H19N3O2S.2ClH/c1-3-10-15-9(7-18-10)6-14-12(16)11-8(2)17-5-4-13-11;;/h7-8,11,13H,3-6H2,1-2H3,(H,14,16);2*1H/t8-,11+;;/m1../s1. The van der Waals surface area contributed by atoms with Gasteiger partial charge in [0.25, 0.3) is 0 Å². The van der Waals surface area contributed by atoms with Gasteiger partial charge in [0.15, 0.2) is 0 Å². The fraction of sp³-hybridized carbons (Fsp3) is 0.667. The first-order valence-electron chi connectivity index (χ1n) is 6.26. The lowest BCUT2D eigenvalue weighted by Gasteiger charge is -2.29. The molecule has 1 aliphatic rings. The lowest BCUT2D eigenvalue weighted by molar-refractivity contribution is -0.129. The van der Waals surface area contributed by atoms with E-state index in [0.717, 1.165) is 23.7 Å². The summed E-state index contributed by atoms with van der Waals surface area (Å²) in [4.78, 5) is 16.4. The maximum absolute atomic E-state index is 12.0. The number of carbonyl (C=O) groups excluding carboxylic acids is 1. The summed E-state index contributed by atoms with van der Waals surface area (Å²) in [6.07, 6.45) is 0.855. The van der Waals surface area contributed by atoms with E-state index in [4.69, 9.17) is 4.74 Å². The van der Waals surface area contributed by atoms with E-state index in [-0.39, 0.29) is 42.9 Å². The van der Waals surface area contributed by atoms with Gasteiger partial charge in [0.1, 0.15) is 6.04 Å². The molecule has 0 spiro atoms. The molecule has 0 aliphatic carbocycles. The summed E-state index contributed by atoms with van der Waals surface area (Å²) < 4.78 is 5.45. The van der Waals surface area contributed by atoms with Crippen LogP contribution in [-0.4, -0.2) is 36.2 Å². The number of aromatic nitrogens is 1. The third-order valence-electron chi connectivity index (χ3n) is 2.94. The lowest BCUT2D eigenvalue weighted by atomic mass is 10.1. The molecule has 116 valence electrons. The Morgan fingerprint density at radius 1 is 1.60 bits per heavy atom. The Hall–Kier alpha value is -0.400. The van der Waals surface area contributed by atoms with Gasteiger partial charge >= 0.3 is 0 Å². The fourth-order valence-electron chi connectivity index (χ4n) is 1.91. The molecule has 20 heavy (non-hydrogen) atoms. The zero-order chi connectivity index (χ0) is 13.0. The molecule has 2 atom stereocenters. The summed E-state index contributed by atoms with van der Waals surface area (Å²) >= 11 is 1.63. The van der Waals surface area contributed by atoms with Crippen LogP contribution in [0.5, 0.6) is 0 Å². The number of hydrogen-bond donors (Lipinski definition) is 2. The number of nitrogens with zero attached hydrogens (tertiary/aromatic N) is 1. The van der Waals surface area contributed by atoms with Crippen LogP contribution in [0.4, 0.5) is 0 Å². The molecule has 1 amide bonds. The summed E-state index contributed by atoms with van der Waals surface area (Å²) in [7, 11) is 0. The average Bonchev–Trinajstić information content (AvgIpc) is 2.84. The number of amides is 1. The van der Waals surface area contributed by atoms with Gasteiger partial charge in [0.05, 0.1) is 30.0 Å². The molecular formula is C12H21Cl2N3O2S. The van der Waals surface area contributed by atoms with Crippen molar-refractivity contribution >= 4 is 42.1 Å². The van der Waals surface area contributed by atoms with Crippen LogP contribution >= 0.6 is 36.2 Å². The van der Waals surface area contributed by atoms with Crippen LogP contribution in [0.1, 0.15) is 24.5 Å². The van der Waals surface area contributed by atoms with Gasteiger partial charge in [0, 0.05) is 11.9 Å². The number of thiazole rings is 1. The maximum Gasteiger partial charge on any atom is 0.240 e. The quantitative estimate of drug-likeness (QED) is 0.871. The van der Waals surface area contributed by atoms with Crippen LogP contribution in [0, 0.1) is 0 Å². The minimum atomic E-state index is -0.261. The molecule has 0 radical (unpaired) electrons. The molecule has 0 unspecified atom stereocenters. The van der Waals surface area contributed by atoms with Crippen LogP contribution in [-0.2, 0) is 22.5 Å². The van der Waals surface area contributed by atoms with Crippen molar-refractivity contribution in [2.24, 2.45) is 0 Å². The van der Waals surface area contributed by atoms with Crippen LogP contribution in [0.3, 0.4) is 0 Å². The van der Waals surface area contributed by atoms with E-state index in [1.807, 2.05) is 12.3 Å². The summed E-state index contributed by atoms with van der Waals surface area (Å²) in [6.45, 7) is 5.86. The number of halogens is 2. The zero-order valence-corrected chi connectivity index (χ0v) is 14.0. The number of morpholine rings is 1. The highest BCUT2D eigenvalue weighted by molar-refractivity contribution is 7.09. The van der Waals surface area contributed by atoms with Gasteiger partial charge in [-0.05, 0) is 13.3 Å². The molecule has 2 heterocycles. The zero-order valence-electron chi connectivity index (χ0n) is 11.5. The third-order valence-corrected chi connectivity index (χ3v) is 3.99. The Bertz CT molecular complexity index is 417. The molecule has 5 nitrogen and oxygen atoms in total. The second-order valence-electron chi connectivity index (χ2n) is 4.31. The monoisotopic (exact) mass is 341 g/mol. The predicted molar refractivity (Wildman–Crippen MR) is 85.0 cm³/mol. The second kappa shape index (κ2) is 9.52. The first kappa shape index (κ1) is 19.6. The summed E-state index contributed by atoms with van der Waals surface area (Å²) in [5.41, 5.74) is 0.926. The van der Waals surface area contributed by atoms with E-state index < -0.39 is 0 Å². The smallest absolute Gasteiger partial charge is 0.240 e. The molecule has 1 aromatic heterocycles. The van der Waals surface area contributed by atoms with Gasteiger partial charge in [-0.3, -0.25) is 4.79 Å². The van der Waals surface area contributed by atoms with Gasteiger partial charge in [-0.25, -0.2) is 4.98 Å². The molecule has 1 aromatic rings. The highest BCUT2D eigenvalue weighted by Crippen LogP contribution is 2.10. The summed E-state index contributed by atoms with van der Waals surface area (Å²) in [6, 6.07) is -0.261. The Balaban J connectivity index is 0.00000180. The molecular weight excluding hydrogens is 321 g/mol. The lowest BCUT2D eigenvalue weighted by Crippen LogP contribution is -2.55. The highest BCUT2D eigenvalue weighted by atomic mass is 35.5. The Morgan fingerprint density at radius 2 is 2.35 bits per heavy atom. The summed E-state index contributed by atoms with van der Waals surface area (Å²) in [5.74, 6) is -0.0201. The van der Waals surface area contributed by atoms with Crippen molar-refractivity contribution < 1.29 is 9.53 Å². The Labute approximate surface area is 135 Å². The molecule has 8 heteroatoms. The van der Waals surface area contributed by atoms with E-state index in [1.165, 1.54) is 0 Å². The van der Waals surface area contributed by atoms with Crippen molar-refractivity contribution in [2.45, 2.75) is 39.0 Å². The van der Waals surface area contributed by atoms with Crippen molar-refractivity contribution in [3.8, 4) is 0 Å². The van der Waals surface area contributed by atoms with Crippen LogP contribution in [0.2, 0.25) is 0 Å². The van der Waals surface area contributed by atoms with Crippen LogP contribution in [0.25, 0.3) is 0 Å². The van der Waals surface area contributed by atoms with Crippen molar-refractivity contribution in [1.29, 1.82) is 0 Å². The first-order valence-corrected chi connectivity index (χ1v) is 7.14. The highest BCUT2D eigenvalue weighted by Gasteiger charge is 2.27. The predicted octanol–water partition coefficient (Wildman–Crippen LogP) is 1.54. The second-order valence-corrected chi connectivity index (χ2v) is 5.25. The SMILES string of the molecule is CCc1nc(CNC(=O)[C@H]2NCCO[C@@H]2C)cs1.Cl.Cl. The number of carbonyl (C=O) groups is 1. The van der Waals surface area contributed by atoms with E-state index in [1.54, 1.807) is 11.3 Å². The topological polar surface area (TPSA) is 63.2 Å². The van der Waals surface area contributed by atoms with Gasteiger partial charge in [0.2, 0.25) is 5.91 Å². The number of nitrogens with one attached hydrogen (secondary N) is 2. The first-order chi connectivity index (χ1) is 8.70. The van der Waals surface area contributed by atoms with Gasteiger partial charge in [-0.15, -0.1) is 36.2 Å². The number of aryl methyl sites for hydroxylation is 1. The fourth-order valence-corrected chi connectivity index (χ4v) is 2.65. The molecule has 0 bridgehead atoms. The van der Waals surface area contributed by atoms with Crippen LogP contribution in [0.15, 0.2) is 5.38 Å². The average molecular weight is 342 g/mol. The molecule has 1 fully saturated rings. The van der Waals surface area contributed by atoms with Crippen molar-refractivity contribution in [2.75, 3.05) is 13.2 Å². The van der Waals surface area contributed by atoms with Crippen LogP contribution < -0.4 is 10.6 Å². The largest absolute Gasteiger partial charge is 0.375 e. The molecule has 0 aromatic carbocycles. The van der Waals surface area contributed by atoms with E-state index in [2.05, 4.69) is 22.5 Å². The molecule has 2 rings (SSSR count). The van der Waals surface area contributed by atoms with E-state index in [0.29, 0.717) is 13.2 Å². The molecule has 1 saturated heterocycles. The number of hydrogen-bond acceptors (Lipinski definition) is 5. The number of rotatable bonds is 4. The molecule has 2 N–H and O–H groups in total. The van der Waals surface area contributed by atoms with Gasteiger partial charge in [-0.1, -0.05) is 6.92 Å². The van der Waals surface area contributed by atoms with Gasteiger partial charge < -0.3 is 15.4 Å². The van der Waals surface area contributed by atoms with Gasteiger partial charge in [-0.2, -0.15) is 0 Å². The minimum absolute atomic E-state index is 0. The summed E-state index contributed by atoms with van der Waals surface area (Å²) in [5, 5.41) is 9.16. The normalized spacial score (nSPS) is 21.5. The van der Waals surface area contributed by atoms with Crippen molar-refractivity contribution in [3.63, 3.8) is 0 Å². The Morgan fingerprint density at radius 3 is 2.95 bits per heavy atom. The number of ether oxygens (including phenoxy) is 1. The van der Waals surface area contributed by atoms with E-state index in [9.17, 15) is 4.79 Å². The van der Waals surface area contributed by atoms with Crippen molar-refractivity contribution in [1.82, 2.24) is 15.6 Å². The Kier molecular flexibility index (Phi) is 9.33.